The Bertz CT molecular complexity index is 1140. The van der Waals surface area contributed by atoms with Crippen molar-refractivity contribution in [2.24, 2.45) is 5.92 Å². The molecule has 4 rings (SSSR count). The van der Waals surface area contributed by atoms with Crippen molar-refractivity contribution >= 4 is 0 Å². The number of phenols is 3. The van der Waals surface area contributed by atoms with Crippen molar-refractivity contribution < 1.29 is 15.3 Å². The highest BCUT2D eigenvalue weighted by molar-refractivity contribution is 5.76. The normalized spacial score (nSPS) is 11.2. The summed E-state index contributed by atoms with van der Waals surface area (Å²) in [4.78, 5) is 0. The number of hydrogen-bond donors (Lipinski definition) is 3. The van der Waals surface area contributed by atoms with Gasteiger partial charge in [-0.3, -0.25) is 0 Å². The Morgan fingerprint density at radius 1 is 0.700 bits per heavy atom. The summed E-state index contributed by atoms with van der Waals surface area (Å²) in [7, 11) is 0. The first-order valence-electron chi connectivity index (χ1n) is 9.92. The second kappa shape index (κ2) is 7.95. The fraction of sp³-hybridized carbons (Fsp3) is 0.160. The highest BCUT2D eigenvalue weighted by Crippen LogP contribution is 2.37. The van der Waals surface area contributed by atoms with Crippen LogP contribution in [0, 0.1) is 5.92 Å². The van der Waals surface area contributed by atoms with Gasteiger partial charge in [-0.05, 0) is 85.1 Å². The number of benzene rings is 3. The van der Waals surface area contributed by atoms with Crippen LogP contribution in [0.25, 0.3) is 28.2 Å². The first-order valence-corrected chi connectivity index (χ1v) is 9.92. The summed E-state index contributed by atoms with van der Waals surface area (Å²) < 4.78 is 1.88. The minimum Gasteiger partial charge on any atom is -0.508 e. The maximum atomic E-state index is 9.77. The van der Waals surface area contributed by atoms with E-state index >= 15 is 0 Å². The third-order valence-electron chi connectivity index (χ3n) is 4.97. The summed E-state index contributed by atoms with van der Waals surface area (Å²) >= 11 is 0. The Kier molecular flexibility index (Phi) is 5.19. The maximum Gasteiger partial charge on any atom is 0.115 e. The molecule has 3 N–H and O–H groups in total. The van der Waals surface area contributed by atoms with Crippen LogP contribution in [0.5, 0.6) is 17.2 Å². The Hall–Kier alpha value is -3.73. The van der Waals surface area contributed by atoms with Crippen molar-refractivity contribution in [3.05, 3.63) is 78.4 Å². The van der Waals surface area contributed by atoms with E-state index in [9.17, 15) is 15.3 Å². The number of rotatable bonds is 5. The van der Waals surface area contributed by atoms with E-state index < -0.39 is 0 Å². The molecular weight excluding hydrogens is 376 g/mol. The van der Waals surface area contributed by atoms with Gasteiger partial charge in [0, 0.05) is 16.7 Å². The van der Waals surface area contributed by atoms with E-state index in [1.54, 1.807) is 36.4 Å². The highest BCUT2D eigenvalue weighted by Gasteiger charge is 2.22. The molecule has 0 fully saturated rings. The number of nitrogens with zero attached hydrogens (tertiary/aromatic N) is 2. The van der Waals surface area contributed by atoms with Crippen LogP contribution in [0.1, 0.15) is 19.4 Å². The lowest BCUT2D eigenvalue weighted by Gasteiger charge is -2.12. The van der Waals surface area contributed by atoms with Gasteiger partial charge in [0.1, 0.15) is 17.2 Å². The molecular formula is C25H24N2O3. The van der Waals surface area contributed by atoms with Crippen molar-refractivity contribution in [1.29, 1.82) is 0 Å². The fourth-order valence-electron chi connectivity index (χ4n) is 3.60. The summed E-state index contributed by atoms with van der Waals surface area (Å²) in [6.45, 7) is 4.33. The average molecular weight is 400 g/mol. The molecule has 4 aromatic rings. The van der Waals surface area contributed by atoms with E-state index in [1.807, 2.05) is 41.1 Å². The van der Waals surface area contributed by atoms with Gasteiger partial charge in [-0.1, -0.05) is 13.8 Å². The molecule has 3 aromatic carbocycles. The molecule has 152 valence electrons. The van der Waals surface area contributed by atoms with Crippen LogP contribution in [0.2, 0.25) is 0 Å². The lowest BCUT2D eigenvalue weighted by molar-refractivity contribution is 0.474. The van der Waals surface area contributed by atoms with Crippen LogP contribution >= 0.6 is 0 Å². The molecule has 0 atom stereocenters. The molecule has 0 saturated carbocycles. The van der Waals surface area contributed by atoms with Gasteiger partial charge < -0.3 is 15.3 Å². The molecule has 5 nitrogen and oxygen atoms in total. The number of hydrogen-bond acceptors (Lipinski definition) is 4. The predicted molar refractivity (Wildman–Crippen MR) is 118 cm³/mol. The molecule has 0 aliphatic heterocycles. The molecule has 0 bridgehead atoms. The van der Waals surface area contributed by atoms with Crippen molar-refractivity contribution in [2.45, 2.75) is 20.3 Å². The average Bonchev–Trinajstić information content (AvgIpc) is 3.08. The maximum absolute atomic E-state index is 9.77. The largest absolute Gasteiger partial charge is 0.508 e. The smallest absolute Gasteiger partial charge is 0.115 e. The summed E-state index contributed by atoms with van der Waals surface area (Å²) in [5.41, 5.74) is 5.56. The zero-order chi connectivity index (χ0) is 21.3. The monoisotopic (exact) mass is 400 g/mol. The molecule has 5 heteroatoms. The number of aromatic nitrogens is 2. The van der Waals surface area contributed by atoms with Crippen LogP contribution in [-0.2, 0) is 6.42 Å². The fourth-order valence-corrected chi connectivity index (χ4v) is 3.60. The van der Waals surface area contributed by atoms with E-state index in [2.05, 4.69) is 13.8 Å². The summed E-state index contributed by atoms with van der Waals surface area (Å²) in [5.74, 6) is 1.01. The van der Waals surface area contributed by atoms with E-state index in [0.717, 1.165) is 40.2 Å². The second-order valence-electron chi connectivity index (χ2n) is 7.80. The van der Waals surface area contributed by atoms with E-state index in [1.165, 1.54) is 0 Å². The molecule has 0 unspecified atom stereocenters. The minimum atomic E-state index is 0.193. The Balaban J connectivity index is 2.01. The van der Waals surface area contributed by atoms with Crippen molar-refractivity contribution in [3.8, 4) is 45.5 Å². The summed E-state index contributed by atoms with van der Waals surface area (Å²) in [5, 5.41) is 34.2. The van der Waals surface area contributed by atoms with E-state index in [-0.39, 0.29) is 17.2 Å². The van der Waals surface area contributed by atoms with Crippen molar-refractivity contribution in [3.63, 3.8) is 0 Å². The van der Waals surface area contributed by atoms with Gasteiger partial charge in [-0.25, -0.2) is 4.68 Å². The number of phenolic OH excluding ortho intramolecular Hbond substituents is 3. The molecule has 0 radical (unpaired) electrons. The molecule has 1 aromatic heterocycles. The number of aromatic hydroxyl groups is 3. The van der Waals surface area contributed by atoms with Crippen LogP contribution in [0.4, 0.5) is 0 Å². The molecule has 0 spiro atoms. The van der Waals surface area contributed by atoms with Crippen LogP contribution in [0.3, 0.4) is 0 Å². The van der Waals surface area contributed by atoms with Crippen LogP contribution in [0.15, 0.2) is 72.8 Å². The molecule has 0 aliphatic rings. The molecule has 30 heavy (non-hydrogen) atoms. The molecule has 1 heterocycles. The first kappa shape index (κ1) is 19.6. The summed E-state index contributed by atoms with van der Waals surface area (Å²) in [6, 6.07) is 21.1. The molecule has 0 amide bonds. The van der Waals surface area contributed by atoms with Crippen molar-refractivity contribution in [1.82, 2.24) is 9.78 Å². The Labute approximate surface area is 175 Å². The topological polar surface area (TPSA) is 78.5 Å². The Morgan fingerprint density at radius 2 is 1.17 bits per heavy atom. The van der Waals surface area contributed by atoms with Gasteiger partial charge >= 0.3 is 0 Å². The Morgan fingerprint density at radius 3 is 1.67 bits per heavy atom. The lowest BCUT2D eigenvalue weighted by Crippen LogP contribution is -2.01. The zero-order valence-electron chi connectivity index (χ0n) is 16.9. The quantitative estimate of drug-likeness (QED) is 0.412. The van der Waals surface area contributed by atoms with Crippen LogP contribution < -0.4 is 0 Å². The zero-order valence-corrected chi connectivity index (χ0v) is 16.9. The van der Waals surface area contributed by atoms with Gasteiger partial charge in [0.2, 0.25) is 0 Å². The van der Waals surface area contributed by atoms with Gasteiger partial charge in [0.15, 0.2) is 0 Å². The minimum absolute atomic E-state index is 0.193. The second-order valence-corrected chi connectivity index (χ2v) is 7.80. The third-order valence-corrected chi connectivity index (χ3v) is 4.97. The van der Waals surface area contributed by atoms with Crippen LogP contribution in [-0.4, -0.2) is 25.1 Å². The van der Waals surface area contributed by atoms with E-state index in [0.29, 0.717) is 5.92 Å². The summed E-state index contributed by atoms with van der Waals surface area (Å²) in [6.07, 6.45) is 0.810. The predicted octanol–water partition coefficient (Wildman–Crippen LogP) is 5.52. The van der Waals surface area contributed by atoms with Gasteiger partial charge in [-0.15, -0.1) is 0 Å². The lowest BCUT2D eigenvalue weighted by atomic mass is 9.94. The highest BCUT2D eigenvalue weighted by atomic mass is 16.3. The van der Waals surface area contributed by atoms with Crippen molar-refractivity contribution in [2.75, 3.05) is 0 Å². The SMILES string of the molecule is CC(C)Cc1c(-c2ccc(O)cc2)nn(-c2ccc(O)cc2)c1-c1ccc(O)cc1. The molecule has 0 saturated heterocycles. The third kappa shape index (κ3) is 3.87. The van der Waals surface area contributed by atoms with E-state index in [4.69, 9.17) is 5.10 Å². The first-order chi connectivity index (χ1) is 14.4. The standard InChI is InChI=1S/C25H24N2O3/c1-16(2)15-23-24(17-3-9-20(28)10-4-17)26-27(19-7-13-22(30)14-8-19)25(23)18-5-11-21(29)12-6-18/h3-14,16,28-30H,15H2,1-2H3. The van der Waals surface area contributed by atoms with Gasteiger partial charge in [-0.2, -0.15) is 5.10 Å². The van der Waals surface area contributed by atoms with Gasteiger partial charge in [0.05, 0.1) is 17.1 Å². The van der Waals surface area contributed by atoms with Gasteiger partial charge in [0.25, 0.3) is 0 Å². The molecule has 0 aliphatic carbocycles.